The van der Waals surface area contributed by atoms with E-state index < -0.39 is 15.7 Å². The smallest absolute Gasteiger partial charge is 0.264 e. The summed E-state index contributed by atoms with van der Waals surface area (Å²) in [5, 5.41) is 3.95. The van der Waals surface area contributed by atoms with Crippen molar-refractivity contribution in [3.63, 3.8) is 0 Å². The van der Waals surface area contributed by atoms with E-state index in [0.29, 0.717) is 12.5 Å². The van der Waals surface area contributed by atoms with Crippen molar-refractivity contribution in [2.24, 2.45) is 5.92 Å². The van der Waals surface area contributed by atoms with E-state index in [9.17, 15) is 12.8 Å². The van der Waals surface area contributed by atoms with E-state index in [1.807, 2.05) is 13.8 Å². The molecule has 0 N–H and O–H groups in total. The molecule has 104 valence electrons. The molecule has 0 aromatic carbocycles. The molecule has 1 aromatic rings. The van der Waals surface area contributed by atoms with E-state index in [1.54, 1.807) is 0 Å². The molecule has 0 spiro atoms. The number of hydrogen-bond acceptors (Lipinski definition) is 4. The van der Waals surface area contributed by atoms with Crippen LogP contribution in [0.3, 0.4) is 0 Å². The average molecular weight is 299 g/mol. The summed E-state index contributed by atoms with van der Waals surface area (Å²) in [6, 6.07) is 0. The second-order valence-electron chi connectivity index (χ2n) is 4.24. The predicted octanol–water partition coefficient (Wildman–Crippen LogP) is 1.95. The van der Waals surface area contributed by atoms with Gasteiger partial charge >= 0.3 is 0 Å². The summed E-state index contributed by atoms with van der Waals surface area (Å²) in [7, 11) is 1.39. The van der Waals surface area contributed by atoms with Gasteiger partial charge in [0.2, 0.25) is 0 Å². The minimum atomic E-state index is -3.90. The highest BCUT2D eigenvalue weighted by atomic mass is 35.7. The van der Waals surface area contributed by atoms with Crippen molar-refractivity contribution in [3.8, 4) is 0 Å². The van der Waals surface area contributed by atoms with Gasteiger partial charge in [0.1, 0.15) is 17.3 Å². The van der Waals surface area contributed by atoms with Gasteiger partial charge in [-0.25, -0.2) is 12.8 Å². The summed E-state index contributed by atoms with van der Waals surface area (Å²) in [6.07, 6.45) is 1.22. The van der Waals surface area contributed by atoms with Gasteiger partial charge in [0.15, 0.2) is 0 Å². The first kappa shape index (κ1) is 15.4. The van der Waals surface area contributed by atoms with Crippen molar-refractivity contribution in [2.45, 2.75) is 31.9 Å². The molecular formula is C10H16ClFN2O3S. The van der Waals surface area contributed by atoms with Crippen LogP contribution in [-0.4, -0.2) is 31.5 Å². The van der Waals surface area contributed by atoms with E-state index in [1.165, 1.54) is 10.9 Å². The van der Waals surface area contributed by atoms with Crippen molar-refractivity contribution in [3.05, 3.63) is 11.9 Å². The van der Waals surface area contributed by atoms with Crippen LogP contribution in [0, 0.1) is 5.92 Å². The Bertz CT molecular complexity index is 487. The first-order chi connectivity index (χ1) is 8.34. The maximum absolute atomic E-state index is 12.2. The van der Waals surface area contributed by atoms with Crippen LogP contribution in [0.2, 0.25) is 0 Å². The zero-order valence-corrected chi connectivity index (χ0v) is 11.8. The van der Waals surface area contributed by atoms with Gasteiger partial charge in [-0.1, -0.05) is 13.8 Å². The van der Waals surface area contributed by atoms with Gasteiger partial charge in [0, 0.05) is 23.5 Å². The molecule has 0 aliphatic carbocycles. The van der Waals surface area contributed by atoms with Crippen molar-refractivity contribution in [1.29, 1.82) is 0 Å². The molecule has 1 rings (SSSR count). The lowest BCUT2D eigenvalue weighted by Gasteiger charge is -2.05. The largest absolute Gasteiger partial charge is 0.375 e. The molecule has 0 aliphatic heterocycles. The number of rotatable bonds is 7. The first-order valence-corrected chi connectivity index (χ1v) is 7.80. The second kappa shape index (κ2) is 6.49. The van der Waals surface area contributed by atoms with Gasteiger partial charge in [0.25, 0.3) is 9.05 Å². The number of hydrogen-bond donors (Lipinski definition) is 0. The Morgan fingerprint density at radius 3 is 2.72 bits per heavy atom. The van der Waals surface area contributed by atoms with Gasteiger partial charge in [-0.05, 0) is 5.92 Å². The number of aryl methyl sites for hydroxylation is 1. The number of aromatic nitrogens is 2. The van der Waals surface area contributed by atoms with Crippen LogP contribution < -0.4 is 0 Å². The number of halogens is 2. The Kier molecular flexibility index (Phi) is 5.55. The highest BCUT2D eigenvalue weighted by Crippen LogP contribution is 2.20. The molecule has 0 radical (unpaired) electrons. The molecule has 8 heteroatoms. The van der Waals surface area contributed by atoms with Gasteiger partial charge in [-0.2, -0.15) is 5.10 Å². The van der Waals surface area contributed by atoms with Crippen LogP contribution in [0.15, 0.2) is 11.1 Å². The Labute approximate surface area is 110 Å². The quantitative estimate of drug-likeness (QED) is 0.722. The number of nitrogens with zero attached hydrogens (tertiary/aromatic N) is 2. The molecule has 0 aliphatic rings. The second-order valence-corrected chi connectivity index (χ2v) is 6.77. The molecule has 18 heavy (non-hydrogen) atoms. The highest BCUT2D eigenvalue weighted by Gasteiger charge is 2.20. The Morgan fingerprint density at radius 1 is 1.56 bits per heavy atom. The maximum atomic E-state index is 12.2. The van der Waals surface area contributed by atoms with Crippen LogP contribution in [0.1, 0.15) is 19.5 Å². The normalized spacial score (nSPS) is 12.3. The maximum Gasteiger partial charge on any atom is 0.264 e. The third-order valence-corrected chi connectivity index (χ3v) is 3.43. The van der Waals surface area contributed by atoms with Gasteiger partial charge < -0.3 is 4.74 Å². The fraction of sp³-hybridized carbons (Fsp3) is 0.700. The SMILES string of the molecule is CC(C)COCc1nn(CCF)cc1S(=O)(=O)Cl. The predicted molar refractivity (Wildman–Crippen MR) is 65.7 cm³/mol. The fourth-order valence-electron chi connectivity index (χ4n) is 1.34. The van der Waals surface area contributed by atoms with E-state index in [4.69, 9.17) is 15.4 Å². The van der Waals surface area contributed by atoms with Crippen LogP contribution in [0.5, 0.6) is 0 Å². The topological polar surface area (TPSA) is 61.2 Å². The van der Waals surface area contributed by atoms with E-state index in [-0.39, 0.29) is 23.7 Å². The molecule has 0 saturated carbocycles. The van der Waals surface area contributed by atoms with Crippen LogP contribution >= 0.6 is 10.7 Å². The molecule has 0 saturated heterocycles. The standard InChI is InChI=1S/C10H16ClFN2O3S/c1-8(2)6-17-7-9-10(18(11,15)16)5-14(13-9)4-3-12/h5,8H,3-4,6-7H2,1-2H3. The Morgan fingerprint density at radius 2 is 2.22 bits per heavy atom. The van der Waals surface area contributed by atoms with Crippen LogP contribution in [-0.2, 0) is 26.9 Å². The van der Waals surface area contributed by atoms with Crippen molar-refractivity contribution in [1.82, 2.24) is 9.78 Å². The minimum absolute atomic E-state index is 0.0103. The van der Waals surface area contributed by atoms with Gasteiger partial charge in [-0.15, -0.1) is 0 Å². The Balaban J connectivity index is 2.87. The van der Waals surface area contributed by atoms with Crippen LogP contribution in [0.4, 0.5) is 4.39 Å². The lowest BCUT2D eigenvalue weighted by Crippen LogP contribution is -2.05. The molecule has 0 atom stereocenters. The first-order valence-electron chi connectivity index (χ1n) is 5.49. The van der Waals surface area contributed by atoms with Gasteiger partial charge in [-0.3, -0.25) is 4.68 Å². The zero-order valence-electron chi connectivity index (χ0n) is 10.3. The molecular weight excluding hydrogens is 283 g/mol. The molecule has 1 aromatic heterocycles. The Hall–Kier alpha value is -0.660. The molecule has 0 unspecified atom stereocenters. The summed E-state index contributed by atoms with van der Waals surface area (Å²) in [6.45, 7) is 3.83. The van der Waals surface area contributed by atoms with Crippen molar-refractivity contribution >= 4 is 19.7 Å². The molecule has 0 bridgehead atoms. The van der Waals surface area contributed by atoms with Crippen LogP contribution in [0.25, 0.3) is 0 Å². The number of alkyl halides is 1. The third kappa shape index (κ3) is 4.55. The summed E-state index contributed by atoms with van der Waals surface area (Å²) >= 11 is 0. The van der Waals surface area contributed by atoms with E-state index >= 15 is 0 Å². The number of ether oxygens (including phenoxy) is 1. The lowest BCUT2D eigenvalue weighted by atomic mass is 10.2. The summed E-state index contributed by atoms with van der Waals surface area (Å²) in [5.41, 5.74) is 0.208. The third-order valence-electron chi connectivity index (χ3n) is 2.07. The highest BCUT2D eigenvalue weighted by molar-refractivity contribution is 8.13. The van der Waals surface area contributed by atoms with Crippen molar-refractivity contribution < 1.29 is 17.5 Å². The minimum Gasteiger partial charge on any atom is -0.375 e. The van der Waals surface area contributed by atoms with E-state index in [0.717, 1.165) is 0 Å². The van der Waals surface area contributed by atoms with Gasteiger partial charge in [0.05, 0.1) is 13.2 Å². The monoisotopic (exact) mass is 298 g/mol. The summed E-state index contributed by atoms with van der Waals surface area (Å²) in [5.74, 6) is 0.328. The zero-order chi connectivity index (χ0) is 13.8. The molecule has 0 fully saturated rings. The lowest BCUT2D eigenvalue weighted by molar-refractivity contribution is 0.0929. The summed E-state index contributed by atoms with van der Waals surface area (Å²) < 4.78 is 41.4. The fourth-order valence-corrected chi connectivity index (χ4v) is 2.35. The molecule has 0 amide bonds. The average Bonchev–Trinajstić information content (AvgIpc) is 2.61. The molecule has 1 heterocycles. The molecule has 5 nitrogen and oxygen atoms in total. The summed E-state index contributed by atoms with van der Waals surface area (Å²) in [4.78, 5) is -0.124. The van der Waals surface area contributed by atoms with Crippen molar-refractivity contribution in [2.75, 3.05) is 13.3 Å². The van der Waals surface area contributed by atoms with E-state index in [2.05, 4.69) is 5.10 Å².